The molecule has 2 heterocycles. The lowest BCUT2D eigenvalue weighted by molar-refractivity contribution is -0.145. The van der Waals surface area contributed by atoms with Gasteiger partial charge in [-0.15, -0.1) is 11.3 Å². The molecule has 6 amide bonds. The molecule has 286 valence electrons. The molecule has 1 saturated heterocycles. The van der Waals surface area contributed by atoms with Gasteiger partial charge in [0.2, 0.25) is 29.4 Å². The number of thiophene rings is 1. The molecule has 0 radical (unpaired) electrons. The second-order valence-electron chi connectivity index (χ2n) is 15.6. The van der Waals surface area contributed by atoms with Gasteiger partial charge >= 0.3 is 6.09 Å². The minimum absolute atomic E-state index is 0.00515. The fourth-order valence-corrected chi connectivity index (χ4v) is 6.62. The van der Waals surface area contributed by atoms with Gasteiger partial charge in [0.15, 0.2) is 0 Å². The number of ether oxygens (including phenoxy) is 1. The zero-order chi connectivity index (χ0) is 38.8. The van der Waals surface area contributed by atoms with E-state index >= 15 is 0 Å². The minimum atomic E-state index is -1.21. The second kappa shape index (κ2) is 18.5. The number of likely N-dealkylation sites (tertiary alicyclic amines) is 1. The van der Waals surface area contributed by atoms with Gasteiger partial charge in [-0.2, -0.15) is 0 Å². The molecule has 5 atom stereocenters. The summed E-state index contributed by atoms with van der Waals surface area (Å²) < 4.78 is 5.42. The number of hydrogen-bond donors (Lipinski definition) is 4. The Labute approximate surface area is 306 Å². The Kier molecular flexibility index (Phi) is 15.6. The summed E-state index contributed by atoms with van der Waals surface area (Å²) in [6.07, 6.45) is 1.13. The van der Waals surface area contributed by atoms with Gasteiger partial charge in [0, 0.05) is 25.5 Å². The Balaban J connectivity index is 2.24. The molecule has 15 heteroatoms. The third-order valence-electron chi connectivity index (χ3n) is 8.56. The Hall–Kier alpha value is -4.01. The van der Waals surface area contributed by atoms with Gasteiger partial charge in [-0.05, 0) is 62.3 Å². The molecule has 51 heavy (non-hydrogen) atoms. The van der Waals surface area contributed by atoms with E-state index in [4.69, 9.17) is 4.74 Å². The number of amides is 6. The predicted octanol–water partition coefficient (Wildman–Crippen LogP) is 3.17. The Morgan fingerprint density at radius 3 is 2.16 bits per heavy atom. The SMILES string of the molecule is CCCCC(NC(=O)[C@@H]1[C@@H](C(C)C)CCN1C(=O)[C@@H](NC(=O)OC(C)(C)C)C(C)(C)C)C(=O)C(=O)NCC(=O)N[C@H](C(=O)N(C)C)c1cccs1. The summed E-state index contributed by atoms with van der Waals surface area (Å²) in [4.78, 5) is 96.5. The van der Waals surface area contributed by atoms with Crippen LogP contribution in [0.25, 0.3) is 0 Å². The first-order chi connectivity index (χ1) is 23.6. The maximum Gasteiger partial charge on any atom is 0.408 e. The van der Waals surface area contributed by atoms with E-state index in [2.05, 4.69) is 21.3 Å². The lowest BCUT2D eigenvalue weighted by Crippen LogP contribution is -2.60. The van der Waals surface area contributed by atoms with Gasteiger partial charge in [-0.3, -0.25) is 28.8 Å². The highest BCUT2D eigenvalue weighted by Crippen LogP contribution is 2.33. The molecule has 1 aromatic rings. The number of nitrogens with one attached hydrogen (secondary N) is 4. The first-order valence-electron chi connectivity index (χ1n) is 17.5. The van der Waals surface area contributed by atoms with Crippen molar-refractivity contribution in [1.29, 1.82) is 0 Å². The highest BCUT2D eigenvalue weighted by molar-refractivity contribution is 7.10. The number of likely N-dealkylation sites (N-methyl/N-ethyl adjacent to an activating group) is 1. The van der Waals surface area contributed by atoms with Gasteiger partial charge in [0.25, 0.3) is 5.91 Å². The molecule has 1 fully saturated rings. The Morgan fingerprint density at radius 2 is 1.65 bits per heavy atom. The van der Waals surface area contributed by atoms with Crippen molar-refractivity contribution < 1.29 is 38.3 Å². The molecule has 14 nitrogen and oxygen atoms in total. The number of carbonyl (C=O) groups excluding carboxylic acids is 7. The van der Waals surface area contributed by atoms with Crippen molar-refractivity contribution in [3.8, 4) is 0 Å². The van der Waals surface area contributed by atoms with E-state index in [0.717, 1.165) is 0 Å². The third kappa shape index (κ3) is 12.6. The van der Waals surface area contributed by atoms with E-state index in [1.54, 1.807) is 73.2 Å². The lowest BCUT2D eigenvalue weighted by Gasteiger charge is -2.37. The van der Waals surface area contributed by atoms with Gasteiger partial charge < -0.3 is 35.8 Å². The second-order valence-corrected chi connectivity index (χ2v) is 16.6. The van der Waals surface area contributed by atoms with Crippen LogP contribution in [0.2, 0.25) is 0 Å². The van der Waals surface area contributed by atoms with Gasteiger partial charge in [0.05, 0.1) is 12.6 Å². The van der Waals surface area contributed by atoms with Crippen LogP contribution in [0.15, 0.2) is 17.5 Å². The molecular weight excluding hydrogens is 676 g/mol. The Morgan fingerprint density at radius 1 is 1.00 bits per heavy atom. The van der Waals surface area contributed by atoms with Crippen molar-refractivity contribution in [3.05, 3.63) is 22.4 Å². The summed E-state index contributed by atoms with van der Waals surface area (Å²) in [5, 5.41) is 12.2. The van der Waals surface area contributed by atoms with Crippen molar-refractivity contribution in [3.63, 3.8) is 0 Å². The van der Waals surface area contributed by atoms with Gasteiger partial charge in [0.1, 0.15) is 23.7 Å². The monoisotopic (exact) mass is 734 g/mol. The number of nitrogens with zero attached hydrogens (tertiary/aromatic N) is 2. The normalized spacial score (nSPS) is 17.9. The number of Topliss-reactive ketones (excluding diaryl/α,β-unsaturated/α-hetero) is 1. The summed E-state index contributed by atoms with van der Waals surface area (Å²) in [5.41, 5.74) is -1.53. The highest BCUT2D eigenvalue weighted by atomic mass is 32.1. The van der Waals surface area contributed by atoms with E-state index in [0.29, 0.717) is 24.1 Å². The number of rotatable bonds is 15. The maximum absolute atomic E-state index is 14.1. The quantitative estimate of drug-likeness (QED) is 0.198. The smallest absolute Gasteiger partial charge is 0.408 e. The van der Waals surface area contributed by atoms with E-state index in [1.165, 1.54) is 21.1 Å². The number of ketones is 1. The van der Waals surface area contributed by atoms with Crippen LogP contribution in [0, 0.1) is 17.3 Å². The average Bonchev–Trinajstić information content (AvgIpc) is 3.72. The molecule has 1 aliphatic heterocycles. The Bertz CT molecular complexity index is 1400. The average molecular weight is 735 g/mol. The first kappa shape index (κ1) is 43.2. The van der Waals surface area contributed by atoms with Crippen LogP contribution in [0.4, 0.5) is 4.79 Å². The van der Waals surface area contributed by atoms with Crippen molar-refractivity contribution in [2.75, 3.05) is 27.2 Å². The molecule has 0 bridgehead atoms. The van der Waals surface area contributed by atoms with Crippen LogP contribution < -0.4 is 21.3 Å². The molecule has 0 aliphatic carbocycles. The largest absolute Gasteiger partial charge is 0.444 e. The minimum Gasteiger partial charge on any atom is -0.444 e. The van der Waals surface area contributed by atoms with E-state index < -0.39 is 77.2 Å². The third-order valence-corrected chi connectivity index (χ3v) is 9.50. The maximum atomic E-state index is 14.1. The van der Waals surface area contributed by atoms with Crippen LogP contribution in [0.3, 0.4) is 0 Å². The van der Waals surface area contributed by atoms with E-state index in [1.807, 2.05) is 20.8 Å². The van der Waals surface area contributed by atoms with Gasteiger partial charge in [-0.1, -0.05) is 60.5 Å². The lowest BCUT2D eigenvalue weighted by atomic mass is 9.84. The summed E-state index contributed by atoms with van der Waals surface area (Å²) in [7, 11) is 3.13. The summed E-state index contributed by atoms with van der Waals surface area (Å²) in [6.45, 7) is 16.1. The number of hydrogen-bond acceptors (Lipinski definition) is 9. The van der Waals surface area contributed by atoms with Crippen LogP contribution in [0.1, 0.15) is 98.9 Å². The molecule has 1 unspecified atom stereocenters. The van der Waals surface area contributed by atoms with Gasteiger partial charge in [-0.25, -0.2) is 4.79 Å². The molecule has 1 aromatic heterocycles. The van der Waals surface area contributed by atoms with Crippen LogP contribution in [-0.2, 0) is 33.5 Å². The van der Waals surface area contributed by atoms with Crippen LogP contribution >= 0.6 is 11.3 Å². The summed E-state index contributed by atoms with van der Waals surface area (Å²) in [5.74, 6) is -4.31. The molecule has 2 rings (SSSR count). The fourth-order valence-electron chi connectivity index (χ4n) is 5.86. The topological polar surface area (TPSA) is 183 Å². The van der Waals surface area contributed by atoms with Crippen molar-refractivity contribution >= 4 is 52.7 Å². The van der Waals surface area contributed by atoms with Crippen molar-refractivity contribution in [2.45, 2.75) is 118 Å². The number of alkyl carbamates (subject to hydrolysis) is 1. The predicted molar refractivity (Wildman–Crippen MR) is 194 cm³/mol. The molecule has 0 saturated carbocycles. The number of carbonyl (C=O) groups is 7. The molecule has 4 N–H and O–H groups in total. The van der Waals surface area contributed by atoms with Crippen molar-refractivity contribution in [2.24, 2.45) is 17.3 Å². The van der Waals surface area contributed by atoms with E-state index in [-0.39, 0.29) is 30.7 Å². The molecule has 0 aromatic carbocycles. The summed E-state index contributed by atoms with van der Waals surface area (Å²) >= 11 is 1.29. The van der Waals surface area contributed by atoms with Crippen molar-refractivity contribution in [1.82, 2.24) is 31.1 Å². The highest BCUT2D eigenvalue weighted by Gasteiger charge is 2.48. The summed E-state index contributed by atoms with van der Waals surface area (Å²) in [6, 6.07) is -0.684. The number of unbranched alkanes of at least 4 members (excludes halogenated alkanes) is 1. The standard InChI is InChI=1S/C36H58N6O8S/c1-12-13-15-23(28(44)31(46)37-20-25(43)39-26(32(47)41(10)11)24-16-14-19-51-24)38-30(45)27-22(21(2)3)17-18-42(27)33(48)29(35(4,5)6)40-34(49)50-36(7,8)9/h14,16,19,21-23,26-27,29H,12-13,15,17-18,20H2,1-11H3,(H,37,46)(H,38,45)(H,39,43)(H,40,49)/t22-,23?,26+,27+,29-/m1/s1. The van der Waals surface area contributed by atoms with E-state index in [9.17, 15) is 33.6 Å². The fraction of sp³-hybridized carbons (Fsp3) is 0.694. The zero-order valence-corrected chi connectivity index (χ0v) is 32.8. The van der Waals surface area contributed by atoms with Crippen LogP contribution in [-0.4, -0.2) is 102 Å². The molecule has 1 aliphatic rings. The first-order valence-corrected chi connectivity index (χ1v) is 18.4. The van der Waals surface area contributed by atoms with Crippen LogP contribution in [0.5, 0.6) is 0 Å². The molecular formula is C36H58N6O8S. The zero-order valence-electron chi connectivity index (χ0n) is 32.0. The molecule has 0 spiro atoms.